The number of halogens is 24. The SMILES string of the molecule is FC(F)(F)C(F)(F)C(F)(F)C(F)(F)C(F)(F)C(F)(F)C(F)(F)C(F)(F)[Si](F)(C(F)(F)F)C(F)(F)F. The van der Waals surface area contributed by atoms with E-state index in [1.807, 2.05) is 0 Å². The smallest absolute Gasteiger partial charge is 0.285 e. The average Bonchev–Trinajstić information content (AvgIpc) is 2.56. The molecule has 0 nitrogen and oxygen atoms in total. The van der Waals surface area contributed by atoms with E-state index in [0.717, 1.165) is 0 Å². The highest BCUT2D eigenvalue weighted by molar-refractivity contribution is 6.79. The lowest BCUT2D eigenvalue weighted by atomic mass is 9.91. The van der Waals surface area contributed by atoms with Gasteiger partial charge < -0.3 is 0 Å². The van der Waals surface area contributed by atoms with Crippen molar-refractivity contribution >= 4 is 8.41 Å². The lowest BCUT2D eigenvalue weighted by molar-refractivity contribution is -0.459. The Morgan fingerprint density at radius 2 is 0.486 bits per heavy atom. The topological polar surface area (TPSA) is 0 Å². The molecule has 0 heterocycles. The molecule has 0 aromatic rings. The van der Waals surface area contributed by atoms with E-state index in [1.54, 1.807) is 0 Å². The summed E-state index contributed by atoms with van der Waals surface area (Å²) in [7, 11) is -11.0. The van der Waals surface area contributed by atoms with Crippen molar-refractivity contribution < 1.29 is 105 Å². The van der Waals surface area contributed by atoms with Crippen molar-refractivity contribution in [3.05, 3.63) is 0 Å². The molecule has 0 spiro atoms. The minimum Gasteiger partial charge on any atom is -0.285 e. The van der Waals surface area contributed by atoms with Crippen LogP contribution in [0.1, 0.15) is 0 Å². The highest BCUT2D eigenvalue weighted by Crippen LogP contribution is 2.66. The summed E-state index contributed by atoms with van der Waals surface area (Å²) in [5, 5.41) is 0. The second-order valence-electron chi connectivity index (χ2n) is 6.17. The Bertz CT molecular complexity index is 762. The first-order valence-electron chi connectivity index (χ1n) is 7.04. The first kappa shape index (κ1) is 33.5. The molecule has 0 aliphatic rings. The first-order valence-corrected chi connectivity index (χ1v) is 8.91. The van der Waals surface area contributed by atoms with Gasteiger partial charge in [-0.1, -0.05) is 0 Å². The molecule has 0 aromatic carbocycles. The second kappa shape index (κ2) is 7.77. The van der Waals surface area contributed by atoms with Crippen molar-refractivity contribution in [2.45, 2.75) is 58.9 Å². The summed E-state index contributed by atoms with van der Waals surface area (Å²) in [5.41, 5.74) is -9.26. The van der Waals surface area contributed by atoms with E-state index in [0.29, 0.717) is 0 Å². The average molecular weight is 604 g/mol. The molecule has 212 valence electrons. The molecule has 0 radical (unpaired) electrons. The van der Waals surface area contributed by atoms with Crippen LogP contribution in [0.15, 0.2) is 0 Å². The molecule has 0 fully saturated rings. The van der Waals surface area contributed by atoms with Gasteiger partial charge in [0.25, 0.3) is 0 Å². The molecule has 25 heteroatoms. The van der Waals surface area contributed by atoms with E-state index in [4.69, 9.17) is 0 Å². The molecule has 0 aliphatic heterocycles. The third-order valence-electron chi connectivity index (χ3n) is 3.94. The van der Waals surface area contributed by atoms with Crippen LogP contribution in [0.2, 0.25) is 0 Å². The van der Waals surface area contributed by atoms with Crippen LogP contribution in [0, 0.1) is 0 Å². The fourth-order valence-corrected chi connectivity index (χ4v) is 3.52. The second-order valence-corrected chi connectivity index (χ2v) is 9.25. The summed E-state index contributed by atoms with van der Waals surface area (Å²) in [5.74, 6) is -72.1. The van der Waals surface area contributed by atoms with Crippen LogP contribution >= 0.6 is 0 Å². The van der Waals surface area contributed by atoms with Crippen LogP contribution in [0.3, 0.4) is 0 Å². The van der Waals surface area contributed by atoms with E-state index in [-0.39, 0.29) is 0 Å². The molecule has 0 bridgehead atoms. The standard InChI is InChI=1S/C10F24Si/c11-1(12,3(15,16)5(19,20)7(23,24)25)2(13,14)4(17,18)6(21,22)8(26,27)35(34,9(28,29)30)10(31,32)33. The minimum atomic E-state index is -11.0. The van der Waals surface area contributed by atoms with Gasteiger partial charge in [-0.15, -0.1) is 0 Å². The summed E-state index contributed by atoms with van der Waals surface area (Å²) in [6.07, 6.45) is -8.12. The quantitative estimate of drug-likeness (QED) is 0.159. The maximum atomic E-state index is 13.3. The van der Waals surface area contributed by atoms with E-state index in [1.165, 1.54) is 0 Å². The molecule has 0 unspecified atom stereocenters. The van der Waals surface area contributed by atoms with E-state index in [9.17, 15) is 105 Å². The Morgan fingerprint density at radius 3 is 0.686 bits per heavy atom. The maximum Gasteiger partial charge on any atom is 0.555 e. The lowest BCUT2D eigenvalue weighted by Gasteiger charge is -2.44. The van der Waals surface area contributed by atoms with Gasteiger partial charge in [-0.3, -0.25) is 4.11 Å². The molecular weight excluding hydrogens is 604 g/mol. The molecular formula is C10F24Si. The third-order valence-corrected chi connectivity index (χ3v) is 6.68. The zero-order chi connectivity index (χ0) is 29.5. The van der Waals surface area contributed by atoms with E-state index < -0.39 is 67.3 Å². The Labute approximate surface area is 174 Å². The highest BCUT2D eigenvalue weighted by Gasteiger charge is 3.01. The minimum absolute atomic E-state index is 8.12. The Hall–Kier alpha value is -1.46. The summed E-state index contributed by atoms with van der Waals surface area (Å²) in [6.45, 7) is 0. The van der Waals surface area contributed by atoms with Crippen molar-refractivity contribution in [1.82, 2.24) is 0 Å². The molecule has 0 aliphatic carbocycles. The largest absolute Gasteiger partial charge is 0.555 e. The molecule has 0 atom stereocenters. The number of alkyl halides is 23. The summed E-state index contributed by atoms with van der Waals surface area (Å²) in [6, 6.07) is 0. The van der Waals surface area contributed by atoms with Crippen LogP contribution in [0.5, 0.6) is 0 Å². The fourth-order valence-electron chi connectivity index (χ4n) is 1.90. The van der Waals surface area contributed by atoms with Crippen LogP contribution in [0.25, 0.3) is 0 Å². The predicted octanol–water partition coefficient (Wildman–Crippen LogP) is 7.65. The van der Waals surface area contributed by atoms with E-state index in [2.05, 4.69) is 0 Å². The van der Waals surface area contributed by atoms with Crippen LogP contribution in [-0.2, 0) is 0 Å². The van der Waals surface area contributed by atoms with Gasteiger partial charge in [-0.2, -0.15) is 92.2 Å². The number of hydrogen-bond donors (Lipinski definition) is 0. The Balaban J connectivity index is 7.32. The summed E-state index contributed by atoms with van der Waals surface area (Å²) in [4.78, 5) is 0. The van der Waals surface area contributed by atoms with Crippen molar-refractivity contribution in [3.63, 3.8) is 0 Å². The van der Waals surface area contributed by atoms with Gasteiger partial charge in [-0.05, 0) is 0 Å². The Kier molecular flexibility index (Phi) is 7.44. The van der Waals surface area contributed by atoms with Crippen LogP contribution < -0.4 is 0 Å². The maximum absolute atomic E-state index is 13.3. The summed E-state index contributed by atoms with van der Waals surface area (Å²) < 4.78 is 306. The molecule has 0 amide bonds. The van der Waals surface area contributed by atoms with Gasteiger partial charge in [0.05, 0.1) is 0 Å². The zero-order valence-electron chi connectivity index (χ0n) is 14.6. The molecule has 0 rings (SSSR count). The predicted molar refractivity (Wildman–Crippen MR) is 59.7 cm³/mol. The molecule has 0 aromatic heterocycles. The normalized spacial score (nSPS) is 17.1. The van der Waals surface area contributed by atoms with Crippen molar-refractivity contribution in [3.8, 4) is 0 Å². The first-order chi connectivity index (χ1) is 14.5. The number of rotatable bonds is 7. The van der Waals surface area contributed by atoms with Gasteiger partial charge >= 0.3 is 67.3 Å². The van der Waals surface area contributed by atoms with Crippen LogP contribution in [0.4, 0.5) is 105 Å². The van der Waals surface area contributed by atoms with Gasteiger partial charge in [-0.25, -0.2) is 8.78 Å². The molecule has 35 heavy (non-hydrogen) atoms. The zero-order valence-corrected chi connectivity index (χ0v) is 15.6. The van der Waals surface area contributed by atoms with Crippen molar-refractivity contribution in [1.29, 1.82) is 0 Å². The van der Waals surface area contributed by atoms with Gasteiger partial charge in [0.1, 0.15) is 0 Å². The summed E-state index contributed by atoms with van der Waals surface area (Å²) >= 11 is 0. The van der Waals surface area contributed by atoms with Crippen molar-refractivity contribution in [2.24, 2.45) is 0 Å². The molecule has 0 saturated carbocycles. The third kappa shape index (κ3) is 3.87. The van der Waals surface area contributed by atoms with Crippen molar-refractivity contribution in [2.75, 3.05) is 0 Å². The van der Waals surface area contributed by atoms with Gasteiger partial charge in [0, 0.05) is 0 Å². The number of hydrogen-bond acceptors (Lipinski definition) is 0. The van der Waals surface area contributed by atoms with Gasteiger partial charge in [0.15, 0.2) is 0 Å². The Morgan fingerprint density at radius 1 is 0.286 bits per heavy atom. The molecule has 0 N–H and O–H groups in total. The highest BCUT2D eigenvalue weighted by atomic mass is 28.4. The van der Waals surface area contributed by atoms with Crippen LogP contribution in [-0.4, -0.2) is 67.3 Å². The van der Waals surface area contributed by atoms with E-state index >= 15 is 0 Å². The monoisotopic (exact) mass is 604 g/mol. The fraction of sp³-hybridized carbons (Fsp3) is 1.00. The lowest BCUT2D eigenvalue weighted by Crippen LogP contribution is -2.81. The molecule has 0 saturated heterocycles. The van der Waals surface area contributed by atoms with Gasteiger partial charge in [0.2, 0.25) is 0 Å².